The normalized spacial score (nSPS) is 21.3. The molecule has 21 heavy (non-hydrogen) atoms. The van der Waals surface area contributed by atoms with Gasteiger partial charge in [-0.3, -0.25) is 0 Å². The van der Waals surface area contributed by atoms with Gasteiger partial charge in [-0.15, -0.1) is 0 Å². The molecule has 0 aliphatic carbocycles. The molecule has 2 atom stereocenters. The number of nitriles is 1. The van der Waals surface area contributed by atoms with Crippen LogP contribution < -0.4 is 4.74 Å². The van der Waals surface area contributed by atoms with Gasteiger partial charge >= 0.3 is 0 Å². The molecular weight excluding hydrogens is 334 g/mol. The van der Waals surface area contributed by atoms with E-state index in [4.69, 9.17) is 19.5 Å². The fourth-order valence-electron chi connectivity index (χ4n) is 2.20. The molecule has 1 aliphatic rings. The molecule has 114 valence electrons. The minimum absolute atomic E-state index is 0.216. The molecular formula is C16H20BrNO3. The molecule has 0 amide bonds. The average molecular weight is 354 g/mol. The number of hydrogen-bond acceptors (Lipinski definition) is 4. The van der Waals surface area contributed by atoms with Crippen molar-refractivity contribution in [3.05, 3.63) is 28.2 Å². The Morgan fingerprint density at radius 2 is 2.24 bits per heavy atom. The Bertz CT molecular complexity index is 523. The maximum atomic E-state index is 9.03. The lowest BCUT2D eigenvalue weighted by Crippen LogP contribution is -2.40. The van der Waals surface area contributed by atoms with Gasteiger partial charge in [0.2, 0.25) is 5.79 Å². The first-order chi connectivity index (χ1) is 10.0. The minimum atomic E-state index is -0.768. The maximum absolute atomic E-state index is 9.03. The summed E-state index contributed by atoms with van der Waals surface area (Å²) in [5, 5.41) is 9.03. The van der Waals surface area contributed by atoms with Gasteiger partial charge in [-0.2, -0.15) is 5.26 Å². The summed E-state index contributed by atoms with van der Waals surface area (Å²) in [4.78, 5) is 0. The van der Waals surface area contributed by atoms with Crippen LogP contribution in [0.1, 0.15) is 45.1 Å². The lowest BCUT2D eigenvalue weighted by Gasteiger charge is -2.35. The van der Waals surface area contributed by atoms with Crippen molar-refractivity contribution in [1.29, 1.82) is 5.26 Å². The van der Waals surface area contributed by atoms with Crippen LogP contribution in [0, 0.1) is 11.3 Å². The first kappa shape index (κ1) is 16.3. The Labute approximate surface area is 134 Å². The summed E-state index contributed by atoms with van der Waals surface area (Å²) in [6.45, 7) is 4.64. The number of nitrogens with zero attached hydrogens (tertiary/aromatic N) is 1. The van der Waals surface area contributed by atoms with Crippen LogP contribution in [0.15, 0.2) is 22.7 Å². The van der Waals surface area contributed by atoms with Crippen molar-refractivity contribution in [3.63, 3.8) is 0 Å². The zero-order valence-electron chi connectivity index (χ0n) is 12.4. The van der Waals surface area contributed by atoms with Crippen LogP contribution in [0.25, 0.3) is 0 Å². The van der Waals surface area contributed by atoms with E-state index in [1.54, 1.807) is 12.1 Å². The van der Waals surface area contributed by atoms with Crippen LogP contribution in [0.3, 0.4) is 0 Å². The molecule has 0 radical (unpaired) electrons. The predicted octanol–water partition coefficient (Wildman–Crippen LogP) is 4.37. The van der Waals surface area contributed by atoms with Crippen molar-refractivity contribution in [2.45, 2.75) is 51.6 Å². The number of halogens is 1. The Balaban J connectivity index is 2.09. The van der Waals surface area contributed by atoms with Crippen LogP contribution in [-0.4, -0.2) is 18.7 Å². The highest BCUT2D eigenvalue weighted by atomic mass is 79.9. The van der Waals surface area contributed by atoms with Gasteiger partial charge in [0, 0.05) is 24.4 Å². The second-order valence-corrected chi connectivity index (χ2v) is 6.21. The molecule has 2 rings (SSSR count). The smallest absolute Gasteiger partial charge is 0.210 e. The third-order valence-electron chi connectivity index (χ3n) is 3.50. The van der Waals surface area contributed by atoms with E-state index < -0.39 is 5.79 Å². The Morgan fingerprint density at radius 1 is 1.43 bits per heavy atom. The lowest BCUT2D eigenvalue weighted by molar-refractivity contribution is -0.280. The summed E-state index contributed by atoms with van der Waals surface area (Å²) in [5.74, 6) is -0.156. The molecule has 0 spiro atoms. The molecule has 1 aromatic carbocycles. The van der Waals surface area contributed by atoms with Gasteiger partial charge in [-0.1, -0.05) is 22.9 Å². The zero-order valence-corrected chi connectivity index (χ0v) is 14.0. The topological polar surface area (TPSA) is 51.5 Å². The van der Waals surface area contributed by atoms with Crippen molar-refractivity contribution in [3.8, 4) is 11.8 Å². The quantitative estimate of drug-likeness (QED) is 0.737. The number of hydrogen-bond donors (Lipinski definition) is 0. The highest BCUT2D eigenvalue weighted by molar-refractivity contribution is 9.10. The Morgan fingerprint density at radius 3 is 2.86 bits per heavy atom. The Kier molecular flexibility index (Phi) is 5.63. The summed E-state index contributed by atoms with van der Waals surface area (Å²) in [6, 6.07) is 7.41. The van der Waals surface area contributed by atoms with E-state index in [1.807, 2.05) is 19.9 Å². The molecule has 1 aliphatic heterocycles. The average Bonchev–Trinajstić information content (AvgIpc) is 2.47. The van der Waals surface area contributed by atoms with E-state index in [0.29, 0.717) is 17.7 Å². The molecule has 4 nitrogen and oxygen atoms in total. The van der Waals surface area contributed by atoms with E-state index in [2.05, 4.69) is 22.0 Å². The van der Waals surface area contributed by atoms with Crippen molar-refractivity contribution in [2.75, 3.05) is 6.61 Å². The second-order valence-electron chi connectivity index (χ2n) is 5.29. The largest absolute Gasteiger partial charge is 0.463 e. The molecule has 2 unspecified atom stereocenters. The van der Waals surface area contributed by atoms with Crippen molar-refractivity contribution >= 4 is 15.9 Å². The van der Waals surface area contributed by atoms with E-state index in [-0.39, 0.29) is 6.29 Å². The molecule has 0 N–H and O–H groups in total. The van der Waals surface area contributed by atoms with E-state index in [9.17, 15) is 0 Å². The first-order valence-electron chi connectivity index (χ1n) is 7.24. The zero-order chi connectivity index (χ0) is 15.3. The fraction of sp³-hybridized carbons (Fsp3) is 0.562. The second kappa shape index (κ2) is 7.26. The molecule has 0 aromatic heterocycles. The van der Waals surface area contributed by atoms with Gasteiger partial charge in [0.05, 0.1) is 11.6 Å². The van der Waals surface area contributed by atoms with Crippen LogP contribution in [0.2, 0.25) is 0 Å². The summed E-state index contributed by atoms with van der Waals surface area (Å²) in [7, 11) is 0. The van der Waals surface area contributed by atoms with Gasteiger partial charge < -0.3 is 14.2 Å². The summed E-state index contributed by atoms with van der Waals surface area (Å²) < 4.78 is 18.4. The van der Waals surface area contributed by atoms with Crippen molar-refractivity contribution < 1.29 is 14.2 Å². The lowest BCUT2D eigenvalue weighted by atomic mass is 10.2. The summed E-state index contributed by atoms with van der Waals surface area (Å²) in [6.07, 6.45) is 3.55. The third-order valence-corrected chi connectivity index (χ3v) is 3.95. The van der Waals surface area contributed by atoms with E-state index in [1.165, 1.54) is 0 Å². The summed E-state index contributed by atoms with van der Waals surface area (Å²) >= 11 is 3.39. The van der Waals surface area contributed by atoms with Crippen LogP contribution >= 0.6 is 15.9 Å². The molecule has 0 bridgehead atoms. The van der Waals surface area contributed by atoms with Gasteiger partial charge in [0.1, 0.15) is 5.75 Å². The highest BCUT2D eigenvalue weighted by Gasteiger charge is 2.30. The summed E-state index contributed by atoms with van der Waals surface area (Å²) in [5.41, 5.74) is 0.548. The third kappa shape index (κ3) is 4.70. The maximum Gasteiger partial charge on any atom is 0.210 e. The molecule has 0 saturated carbocycles. The van der Waals surface area contributed by atoms with Gasteiger partial charge in [0.15, 0.2) is 6.29 Å². The Hall–Kier alpha value is -1.09. The van der Waals surface area contributed by atoms with Gasteiger partial charge in [-0.05, 0) is 37.5 Å². The van der Waals surface area contributed by atoms with E-state index in [0.717, 1.165) is 30.3 Å². The number of benzene rings is 1. The minimum Gasteiger partial charge on any atom is -0.463 e. The highest BCUT2D eigenvalue weighted by Crippen LogP contribution is 2.29. The standard InChI is InChI=1S/C16H20BrNO3/c1-3-16(2,21-15-6-4-5-7-19-15)20-14-9-12(11-18)8-13(17)10-14/h8-10,15H,3-7H2,1-2H3. The van der Waals surface area contributed by atoms with Crippen molar-refractivity contribution in [2.24, 2.45) is 0 Å². The molecule has 5 heteroatoms. The molecule has 1 heterocycles. The predicted molar refractivity (Wildman–Crippen MR) is 82.9 cm³/mol. The number of ether oxygens (including phenoxy) is 3. The monoisotopic (exact) mass is 353 g/mol. The van der Waals surface area contributed by atoms with Crippen LogP contribution in [0.4, 0.5) is 0 Å². The number of rotatable bonds is 5. The van der Waals surface area contributed by atoms with Gasteiger partial charge in [-0.25, -0.2) is 0 Å². The molecule has 1 fully saturated rings. The first-order valence-corrected chi connectivity index (χ1v) is 8.03. The molecule has 1 aromatic rings. The van der Waals surface area contributed by atoms with Crippen molar-refractivity contribution in [1.82, 2.24) is 0 Å². The molecule has 1 saturated heterocycles. The van der Waals surface area contributed by atoms with Crippen LogP contribution in [0.5, 0.6) is 5.75 Å². The van der Waals surface area contributed by atoms with E-state index >= 15 is 0 Å². The fourth-order valence-corrected chi connectivity index (χ4v) is 2.67. The van der Waals surface area contributed by atoms with Gasteiger partial charge in [0.25, 0.3) is 0 Å². The van der Waals surface area contributed by atoms with Crippen LogP contribution in [-0.2, 0) is 9.47 Å². The SMILES string of the molecule is CCC(C)(Oc1cc(Br)cc(C#N)c1)OC1CCCCO1.